The van der Waals surface area contributed by atoms with E-state index >= 15 is 0 Å². The largest absolute Gasteiger partial charge is 0.479 e. The Morgan fingerprint density at radius 3 is 2.52 bits per heavy atom. The Labute approximate surface area is 170 Å². The molecule has 9 nitrogen and oxygen atoms in total. The average molecular weight is 439 g/mol. The number of carbonyl (C=O) groups excluding carboxylic acids is 1. The molecule has 0 aliphatic rings. The smallest absolute Gasteiger partial charge is 0.382 e. The Kier molecular flexibility index (Phi) is 6.34. The molecule has 1 aromatic heterocycles. The molecule has 0 fully saturated rings. The predicted octanol–water partition coefficient (Wildman–Crippen LogP) is 4.13. The summed E-state index contributed by atoms with van der Waals surface area (Å²) < 4.78 is 26.1. The van der Waals surface area contributed by atoms with Crippen LogP contribution in [0.25, 0.3) is 11.0 Å². The first-order valence-corrected chi connectivity index (χ1v) is 10.7. The summed E-state index contributed by atoms with van der Waals surface area (Å²) in [6.45, 7) is 2.30. The average Bonchev–Trinajstić information content (AvgIpc) is 2.67. The van der Waals surface area contributed by atoms with Crippen LogP contribution in [-0.2, 0) is 18.9 Å². The second kappa shape index (κ2) is 8.75. The number of rotatable bonds is 7. The highest BCUT2D eigenvalue weighted by molar-refractivity contribution is 7.51. The Morgan fingerprint density at radius 1 is 1.14 bits per heavy atom. The molecule has 0 aliphatic heterocycles. The molecule has 3 aromatic rings. The second-order valence-electron chi connectivity index (χ2n) is 5.95. The van der Waals surface area contributed by atoms with E-state index < -0.39 is 19.7 Å². The summed E-state index contributed by atoms with van der Waals surface area (Å²) in [6.07, 6.45) is 0.417. The maximum Gasteiger partial charge on any atom is 0.382 e. The Morgan fingerprint density at radius 2 is 1.83 bits per heavy atom. The van der Waals surface area contributed by atoms with Crippen molar-refractivity contribution in [3.05, 3.63) is 53.7 Å². The summed E-state index contributed by atoms with van der Waals surface area (Å²) in [5.41, 5.74) is 1.29. The molecule has 11 heteroatoms. The van der Waals surface area contributed by atoms with E-state index in [-0.39, 0.29) is 0 Å². The van der Waals surface area contributed by atoms with Gasteiger partial charge in [-0.3, -0.25) is 9.45 Å². The van der Waals surface area contributed by atoms with Crippen LogP contribution in [0.4, 0.5) is 0 Å². The van der Waals surface area contributed by atoms with Crippen molar-refractivity contribution in [1.29, 1.82) is 0 Å². The van der Waals surface area contributed by atoms with Crippen molar-refractivity contribution in [2.45, 2.75) is 13.0 Å². The van der Waals surface area contributed by atoms with E-state index in [0.29, 0.717) is 33.4 Å². The van der Waals surface area contributed by atoms with Gasteiger partial charge in [-0.05, 0) is 49.4 Å². The van der Waals surface area contributed by atoms with E-state index in [9.17, 15) is 9.36 Å². The molecule has 0 aliphatic carbocycles. The number of fused-ring (bicyclic) bond motifs is 1. The van der Waals surface area contributed by atoms with E-state index in [1.807, 2.05) is 0 Å². The summed E-state index contributed by atoms with van der Waals surface area (Å²) in [5.74, 6) is 0.180. The molecule has 0 radical (unpaired) electrons. The van der Waals surface area contributed by atoms with E-state index in [1.165, 1.54) is 13.1 Å². The molecule has 152 valence electrons. The SMILES string of the molecule is CC(Oc1ccc(Oc2cnc3cc(Cl)ccc3n2)cc1)C(=O)OOP(C)(=O)O. The number of carbonyl (C=O) groups is 1. The Bertz CT molecular complexity index is 1070. The normalized spacial score (nSPS) is 14.1. The zero-order valence-electron chi connectivity index (χ0n) is 15.3. The van der Waals surface area contributed by atoms with Crippen LogP contribution in [0.1, 0.15) is 6.92 Å². The third-order valence-corrected chi connectivity index (χ3v) is 4.02. The van der Waals surface area contributed by atoms with Gasteiger partial charge in [-0.2, -0.15) is 0 Å². The van der Waals surface area contributed by atoms with Gasteiger partial charge < -0.3 is 14.4 Å². The molecule has 1 N–H and O–H groups in total. The monoisotopic (exact) mass is 438 g/mol. The summed E-state index contributed by atoms with van der Waals surface area (Å²) >= 11 is 5.93. The fourth-order valence-electron chi connectivity index (χ4n) is 2.15. The van der Waals surface area contributed by atoms with Gasteiger partial charge in [0, 0.05) is 11.7 Å². The molecule has 29 heavy (non-hydrogen) atoms. The minimum atomic E-state index is -3.93. The number of hydrogen-bond acceptors (Lipinski definition) is 8. The number of ether oxygens (including phenoxy) is 2. The third-order valence-electron chi connectivity index (χ3n) is 3.43. The van der Waals surface area contributed by atoms with E-state index in [2.05, 4.69) is 19.5 Å². The first-order valence-electron chi connectivity index (χ1n) is 8.27. The topological polar surface area (TPSA) is 117 Å². The van der Waals surface area contributed by atoms with Crippen molar-refractivity contribution in [2.24, 2.45) is 0 Å². The summed E-state index contributed by atoms with van der Waals surface area (Å²) in [5, 5.41) is 0.570. The molecular weight excluding hydrogens is 423 g/mol. The lowest BCUT2D eigenvalue weighted by atomic mass is 10.3. The van der Waals surface area contributed by atoms with Crippen LogP contribution in [0.15, 0.2) is 48.7 Å². The van der Waals surface area contributed by atoms with Gasteiger partial charge in [0.2, 0.25) is 5.88 Å². The van der Waals surface area contributed by atoms with Gasteiger partial charge in [0.15, 0.2) is 6.10 Å². The van der Waals surface area contributed by atoms with Crippen LogP contribution in [-0.4, -0.2) is 33.6 Å². The summed E-state index contributed by atoms with van der Waals surface area (Å²) in [7, 11) is -3.93. The second-order valence-corrected chi connectivity index (χ2v) is 8.15. The maximum atomic E-state index is 11.7. The zero-order chi connectivity index (χ0) is 21.0. The van der Waals surface area contributed by atoms with Gasteiger partial charge in [0.1, 0.15) is 11.5 Å². The maximum absolute atomic E-state index is 11.7. The van der Waals surface area contributed by atoms with E-state index in [0.717, 1.165) is 6.66 Å². The highest BCUT2D eigenvalue weighted by Gasteiger charge is 2.22. The molecule has 0 spiro atoms. The number of aromatic nitrogens is 2. The molecule has 3 rings (SSSR count). The highest BCUT2D eigenvalue weighted by Crippen LogP contribution is 2.36. The first-order chi connectivity index (χ1) is 13.7. The lowest BCUT2D eigenvalue weighted by Crippen LogP contribution is -2.25. The quantitative estimate of drug-likeness (QED) is 0.330. The third kappa shape index (κ3) is 6.13. The molecule has 0 bridgehead atoms. The van der Waals surface area contributed by atoms with Gasteiger partial charge in [-0.15, -0.1) is 0 Å². The van der Waals surface area contributed by atoms with Crippen molar-refractivity contribution < 1.29 is 33.3 Å². The lowest BCUT2D eigenvalue weighted by molar-refractivity contribution is -0.223. The van der Waals surface area contributed by atoms with Gasteiger partial charge in [-0.1, -0.05) is 16.3 Å². The standard InChI is InChI=1S/C18H16ClN2O7P/c1-11(18(22)27-28-29(2,23)24)25-13-4-6-14(7-5-13)26-17-10-20-16-9-12(19)3-8-15(16)21-17/h3-11H,1-2H3,(H,23,24). The Balaban J connectivity index is 1.60. The van der Waals surface area contributed by atoms with Crippen LogP contribution in [0.3, 0.4) is 0 Å². The summed E-state index contributed by atoms with van der Waals surface area (Å²) in [4.78, 5) is 33.5. The van der Waals surface area contributed by atoms with E-state index in [1.54, 1.807) is 42.5 Å². The van der Waals surface area contributed by atoms with Gasteiger partial charge in [0.05, 0.1) is 17.2 Å². The minimum absolute atomic E-state index is 0.301. The van der Waals surface area contributed by atoms with Crippen molar-refractivity contribution >= 4 is 36.2 Å². The van der Waals surface area contributed by atoms with Gasteiger partial charge in [0.25, 0.3) is 0 Å². The van der Waals surface area contributed by atoms with Crippen LogP contribution in [0.2, 0.25) is 5.02 Å². The van der Waals surface area contributed by atoms with Crippen molar-refractivity contribution in [3.63, 3.8) is 0 Å². The van der Waals surface area contributed by atoms with Crippen LogP contribution in [0, 0.1) is 0 Å². The van der Waals surface area contributed by atoms with Crippen molar-refractivity contribution in [1.82, 2.24) is 9.97 Å². The van der Waals surface area contributed by atoms with Crippen LogP contribution in [0.5, 0.6) is 17.4 Å². The fourth-order valence-corrected chi connectivity index (χ4v) is 2.53. The van der Waals surface area contributed by atoms with Crippen molar-refractivity contribution in [3.8, 4) is 17.4 Å². The fraction of sp³-hybridized carbons (Fsp3) is 0.167. The molecular formula is C18H16ClN2O7P. The molecule has 0 saturated heterocycles. The zero-order valence-corrected chi connectivity index (χ0v) is 17.0. The Hall–Kier alpha value is -2.71. The molecule has 2 atom stereocenters. The molecule has 1 heterocycles. The lowest BCUT2D eigenvalue weighted by Gasteiger charge is -2.13. The van der Waals surface area contributed by atoms with E-state index in [4.69, 9.17) is 26.0 Å². The predicted molar refractivity (Wildman–Crippen MR) is 104 cm³/mol. The number of halogens is 1. The molecule has 0 amide bonds. The molecule has 0 saturated carbocycles. The first kappa shape index (κ1) is 21.0. The van der Waals surface area contributed by atoms with Crippen molar-refractivity contribution in [2.75, 3.05) is 6.66 Å². The minimum Gasteiger partial charge on any atom is -0.479 e. The van der Waals surface area contributed by atoms with Gasteiger partial charge >= 0.3 is 13.6 Å². The van der Waals surface area contributed by atoms with Crippen LogP contribution < -0.4 is 9.47 Å². The molecule has 2 unspecified atom stereocenters. The van der Waals surface area contributed by atoms with Crippen LogP contribution >= 0.6 is 19.2 Å². The number of nitrogens with zero attached hydrogens (tertiary/aromatic N) is 2. The number of benzene rings is 2. The highest BCUT2D eigenvalue weighted by atomic mass is 35.5. The summed E-state index contributed by atoms with van der Waals surface area (Å²) in [6, 6.07) is 11.5. The number of hydrogen-bond donors (Lipinski definition) is 1. The van der Waals surface area contributed by atoms with Gasteiger partial charge in [-0.25, -0.2) is 14.8 Å². The molecule has 2 aromatic carbocycles.